The minimum Gasteiger partial charge on any atom is -0.374 e. The van der Waals surface area contributed by atoms with Crippen LogP contribution in [-0.4, -0.2) is 128 Å². The Morgan fingerprint density at radius 3 is 2.59 bits per heavy atom. The maximum Gasteiger partial charge on any atom is 0.328 e. The molecule has 316 valence electrons. The highest BCUT2D eigenvalue weighted by atomic mass is 19.3. The number of aromatic nitrogens is 6. The van der Waals surface area contributed by atoms with Gasteiger partial charge in [0.1, 0.15) is 11.4 Å². The molecule has 5 aromatic rings. The number of carbonyl (C=O) groups is 3. The number of carbonyl (C=O) groups excluding carboxylic acids is 3. The summed E-state index contributed by atoms with van der Waals surface area (Å²) in [5.74, 6) is 7.07. The lowest BCUT2D eigenvalue weighted by atomic mass is 9.85. The molecular weight excluding hydrogens is 787 g/mol. The van der Waals surface area contributed by atoms with Crippen molar-refractivity contribution in [2.24, 2.45) is 5.92 Å². The number of alkyl halides is 2. The van der Waals surface area contributed by atoms with Crippen LogP contribution in [0.2, 0.25) is 0 Å². The monoisotopic (exact) mass is 832 g/mol. The molecule has 4 saturated heterocycles. The lowest BCUT2D eigenvalue weighted by Crippen LogP contribution is -2.49. The molecule has 1 aliphatic carbocycles. The molecule has 1 saturated carbocycles. The zero-order valence-corrected chi connectivity index (χ0v) is 33.6. The number of piperazine rings is 1. The van der Waals surface area contributed by atoms with Crippen molar-refractivity contribution >= 4 is 51.5 Å². The van der Waals surface area contributed by atoms with E-state index >= 15 is 0 Å². The van der Waals surface area contributed by atoms with Gasteiger partial charge < -0.3 is 19.9 Å². The minimum atomic E-state index is -2.85. The number of pyridine rings is 1. The zero-order valence-electron chi connectivity index (χ0n) is 33.6. The van der Waals surface area contributed by atoms with Crippen LogP contribution >= 0.6 is 0 Å². The van der Waals surface area contributed by atoms with E-state index in [9.17, 15) is 23.2 Å². The van der Waals surface area contributed by atoms with E-state index in [0.717, 1.165) is 93.5 Å². The Morgan fingerprint density at radius 1 is 0.984 bits per heavy atom. The number of ether oxygens (including phenoxy) is 1. The van der Waals surface area contributed by atoms with Crippen LogP contribution in [0.3, 0.4) is 0 Å². The summed E-state index contributed by atoms with van der Waals surface area (Å²) in [7, 11) is 0. The molecule has 0 radical (unpaired) electrons. The third kappa shape index (κ3) is 7.88. The number of rotatable bonds is 9. The average Bonchev–Trinajstić information content (AvgIpc) is 4.09. The molecule has 1 aromatic carbocycles. The predicted octanol–water partition coefficient (Wildman–Crippen LogP) is 4.49. The fourth-order valence-corrected chi connectivity index (χ4v) is 9.53. The van der Waals surface area contributed by atoms with Gasteiger partial charge in [0.15, 0.2) is 11.3 Å². The number of urea groups is 1. The number of nitrogens with zero attached hydrogens (tertiary/aromatic N) is 10. The van der Waals surface area contributed by atoms with E-state index in [4.69, 9.17) is 9.72 Å². The van der Waals surface area contributed by atoms with Gasteiger partial charge in [-0.25, -0.2) is 23.1 Å². The summed E-state index contributed by atoms with van der Waals surface area (Å²) in [6.45, 7) is 7.03. The van der Waals surface area contributed by atoms with Crippen molar-refractivity contribution in [1.29, 1.82) is 0 Å². The quantitative estimate of drug-likeness (QED) is 0.202. The van der Waals surface area contributed by atoms with Crippen LogP contribution in [0.4, 0.5) is 30.8 Å². The van der Waals surface area contributed by atoms with Gasteiger partial charge in [0.05, 0.1) is 55.1 Å². The van der Waals surface area contributed by atoms with Crippen LogP contribution in [0.15, 0.2) is 55.2 Å². The van der Waals surface area contributed by atoms with Gasteiger partial charge >= 0.3 is 6.03 Å². The van der Waals surface area contributed by atoms with Crippen LogP contribution in [0.1, 0.15) is 72.6 Å². The summed E-state index contributed by atoms with van der Waals surface area (Å²) in [6.07, 6.45) is 10.2. The molecule has 61 heavy (non-hydrogen) atoms. The Hall–Kier alpha value is -6.03. The van der Waals surface area contributed by atoms with Gasteiger partial charge in [-0.15, -0.1) is 0 Å². The van der Waals surface area contributed by atoms with Crippen molar-refractivity contribution in [2.45, 2.75) is 63.1 Å². The minimum absolute atomic E-state index is 0.000403. The van der Waals surface area contributed by atoms with E-state index in [1.165, 1.54) is 10.7 Å². The number of hydrogen-bond donors (Lipinski definition) is 2. The van der Waals surface area contributed by atoms with Crippen molar-refractivity contribution in [3.63, 3.8) is 0 Å². The largest absolute Gasteiger partial charge is 0.374 e. The van der Waals surface area contributed by atoms with E-state index in [-0.39, 0.29) is 41.8 Å². The van der Waals surface area contributed by atoms with Crippen LogP contribution in [-0.2, 0) is 9.53 Å². The molecule has 0 unspecified atom stereocenters. The number of benzene rings is 1. The second-order valence-corrected chi connectivity index (χ2v) is 16.6. The van der Waals surface area contributed by atoms with E-state index in [0.29, 0.717) is 36.9 Å². The molecule has 2 atom stereocenters. The lowest BCUT2D eigenvalue weighted by molar-refractivity contribution is -0.120. The van der Waals surface area contributed by atoms with Gasteiger partial charge in [-0.1, -0.05) is 24.0 Å². The van der Waals surface area contributed by atoms with Gasteiger partial charge in [0.25, 0.3) is 12.3 Å². The van der Waals surface area contributed by atoms with E-state index in [1.54, 1.807) is 34.4 Å². The van der Waals surface area contributed by atoms with E-state index < -0.39 is 24.1 Å². The number of fused-ring (bicyclic) bond motifs is 4. The Balaban J connectivity index is 0.712. The van der Waals surface area contributed by atoms with Crippen LogP contribution < -0.4 is 20.4 Å². The molecule has 5 fully saturated rings. The van der Waals surface area contributed by atoms with Gasteiger partial charge in [0, 0.05) is 87.2 Å². The molecule has 8 heterocycles. The van der Waals surface area contributed by atoms with Crippen LogP contribution in [0.5, 0.6) is 0 Å². The number of hydrogen-bond acceptors (Lipinski definition) is 11. The first-order valence-electron chi connectivity index (χ1n) is 21.1. The topological polar surface area (TPSA) is 158 Å². The van der Waals surface area contributed by atoms with Crippen LogP contribution in [0.25, 0.3) is 16.4 Å². The van der Waals surface area contributed by atoms with E-state index in [2.05, 4.69) is 52.4 Å². The Bertz CT molecular complexity index is 2550. The first-order chi connectivity index (χ1) is 29.7. The molecule has 2 bridgehead atoms. The summed E-state index contributed by atoms with van der Waals surface area (Å²) >= 11 is 0. The summed E-state index contributed by atoms with van der Waals surface area (Å²) < 4.78 is 37.4. The smallest absolute Gasteiger partial charge is 0.328 e. The highest BCUT2D eigenvalue weighted by molar-refractivity contribution is 6.10. The molecule has 16 nitrogen and oxygen atoms in total. The van der Waals surface area contributed by atoms with E-state index in [1.807, 2.05) is 24.3 Å². The highest BCUT2D eigenvalue weighted by Crippen LogP contribution is 2.36. The first-order valence-corrected chi connectivity index (χ1v) is 21.1. The number of anilines is 3. The zero-order chi connectivity index (χ0) is 41.6. The highest BCUT2D eigenvalue weighted by Gasteiger charge is 2.40. The van der Waals surface area contributed by atoms with Crippen molar-refractivity contribution in [1.82, 2.24) is 44.5 Å². The Kier molecular flexibility index (Phi) is 10.5. The average molecular weight is 833 g/mol. The Morgan fingerprint density at radius 2 is 1.82 bits per heavy atom. The Labute approximate surface area is 350 Å². The number of halogens is 2. The van der Waals surface area contributed by atoms with Gasteiger partial charge in [-0.3, -0.25) is 34.4 Å². The fourth-order valence-electron chi connectivity index (χ4n) is 9.53. The number of nitrogens with one attached hydrogen (secondary N) is 2. The number of imide groups is 1. The molecule has 4 amide bonds. The number of amides is 4. The second-order valence-electron chi connectivity index (χ2n) is 16.6. The summed E-state index contributed by atoms with van der Waals surface area (Å²) in [5, 5.41) is 15.4. The molecule has 4 aliphatic heterocycles. The van der Waals surface area contributed by atoms with Crippen molar-refractivity contribution in [3.05, 3.63) is 72.1 Å². The van der Waals surface area contributed by atoms with Gasteiger partial charge in [-0.2, -0.15) is 10.2 Å². The lowest BCUT2D eigenvalue weighted by Gasteiger charge is -2.37. The van der Waals surface area contributed by atoms with Gasteiger partial charge in [0.2, 0.25) is 5.91 Å². The second kappa shape index (κ2) is 16.4. The molecule has 18 heteroatoms. The van der Waals surface area contributed by atoms with Crippen molar-refractivity contribution in [2.75, 3.05) is 74.1 Å². The predicted molar refractivity (Wildman–Crippen MR) is 222 cm³/mol. The summed E-state index contributed by atoms with van der Waals surface area (Å²) in [5.41, 5.74) is 1.61. The standard InChI is InChI=1S/C43H46F2N12O4/c44-40(45)39-35(48-42(59)34-21-47-56-14-10-37(49-41(34)56)55-24-31-19-30(55)26-61-31)25-57(51-39)29-8-6-27(7-9-29)23-53-17-15-52(16-18-53)12-2-4-28-3-1-5-32-33(28)20-46-22-36(32)54-13-11-38(58)50-43(54)60/h1,3,5,10,14,20-22,25,27,29-31,40H,6-9,11-13,15-19,23-24,26H2,(H,48,59)(H,50,58,60)/t27-,29-,30-,31-/m1/s1. The fraction of sp³-hybridized carbons (Fsp3) is 0.465. The first kappa shape index (κ1) is 39.1. The summed E-state index contributed by atoms with van der Waals surface area (Å²) in [4.78, 5) is 55.5. The maximum atomic E-state index is 14.3. The van der Waals surface area contributed by atoms with Gasteiger partial charge in [-0.05, 0) is 50.2 Å². The molecule has 2 N–H and O–H groups in total. The third-order valence-corrected chi connectivity index (χ3v) is 12.8. The SMILES string of the molecule is O=C1CCN(c2cncc3c(C#CCN4CCN(C[C@H]5CC[C@H](n6cc(NC(=O)c7cnn8ccc(N9C[C@H]%10C[C@@H]9CO%10)nc78)c(C(F)F)n6)CC5)CC4)cccc23)C(=O)N1. The molecule has 0 spiro atoms. The third-order valence-electron chi connectivity index (χ3n) is 12.8. The van der Waals surface area contributed by atoms with Crippen molar-refractivity contribution in [3.8, 4) is 11.8 Å². The van der Waals surface area contributed by atoms with Crippen molar-refractivity contribution < 1.29 is 27.9 Å². The maximum absolute atomic E-state index is 14.3. The normalized spacial score (nSPS) is 23.5. The summed E-state index contributed by atoms with van der Waals surface area (Å²) in [6, 6.07) is 7.46. The molecule has 10 rings (SSSR count). The molecule has 4 aromatic heterocycles. The van der Waals surface area contributed by atoms with Crippen LogP contribution in [0, 0.1) is 17.8 Å². The molecule has 5 aliphatic rings. The molecular formula is C43H46F2N12O4. The number of morpholine rings is 1.